The Kier molecular flexibility index (Phi) is 1.78. The van der Waals surface area contributed by atoms with E-state index in [2.05, 4.69) is 31.6 Å². The number of allylic oxidation sites excluding steroid dienone is 4. The summed E-state index contributed by atoms with van der Waals surface area (Å²) in [4.78, 5) is 0. The summed E-state index contributed by atoms with van der Waals surface area (Å²) in [7, 11) is 0. The molecule has 1 unspecified atom stereocenters. The number of hydrogen-bond donors (Lipinski definition) is 0. The Bertz CT molecular complexity index is 258. The number of hydrogen-bond acceptors (Lipinski definition) is 0. The van der Waals surface area contributed by atoms with Gasteiger partial charge in [-0.1, -0.05) is 0 Å². The normalized spacial score (nSPS) is 30.4. The van der Waals surface area contributed by atoms with Crippen molar-refractivity contribution in [1.29, 1.82) is 0 Å². The fourth-order valence-electron chi connectivity index (χ4n) is 2.50. The topological polar surface area (TPSA) is 0 Å². The van der Waals surface area contributed by atoms with E-state index in [0.717, 1.165) is 5.92 Å². The summed E-state index contributed by atoms with van der Waals surface area (Å²) in [5.41, 5.74) is 5.06. The predicted molar refractivity (Wildman–Crippen MR) is 48.5 cm³/mol. The summed E-state index contributed by atoms with van der Waals surface area (Å²) >= 11 is 2.29. The van der Waals surface area contributed by atoms with Crippen molar-refractivity contribution in [2.24, 2.45) is 5.92 Å². The van der Waals surface area contributed by atoms with E-state index < -0.39 is 0 Å². The third kappa shape index (κ3) is 0.967. The van der Waals surface area contributed by atoms with Crippen LogP contribution < -0.4 is 0 Å². The van der Waals surface area contributed by atoms with Gasteiger partial charge in [-0.05, 0) is 0 Å². The summed E-state index contributed by atoms with van der Waals surface area (Å²) in [6.45, 7) is 4.64. The molecule has 0 saturated carbocycles. The first-order chi connectivity index (χ1) is 5.22. The van der Waals surface area contributed by atoms with Gasteiger partial charge in [-0.15, -0.1) is 0 Å². The summed E-state index contributed by atoms with van der Waals surface area (Å²) < 4.78 is 1.62. The first-order valence-electron chi connectivity index (χ1n) is 4.61. The molecule has 0 amide bonds. The maximum atomic E-state index is 2.35. The van der Waals surface area contributed by atoms with Gasteiger partial charge >= 0.3 is 77.7 Å². The van der Waals surface area contributed by atoms with Crippen LogP contribution in [0.3, 0.4) is 0 Å². The van der Waals surface area contributed by atoms with Crippen LogP contribution >= 0.6 is 0 Å². The van der Waals surface area contributed by atoms with Crippen LogP contribution in [0.2, 0.25) is 0 Å². The molecular weight excluding hydrogens is 127 g/mol. The first-order valence-corrected chi connectivity index (χ1v) is 4.61. The molecule has 11 heavy (non-hydrogen) atoms. The zero-order valence-electron chi connectivity index (χ0n) is 7.70. The average molecular weight is 140 g/mol. The Morgan fingerprint density at radius 2 is 2.09 bits per heavy atom. The van der Waals surface area contributed by atoms with E-state index in [4.69, 9.17) is 0 Å². The molecule has 0 bridgehead atoms. The van der Waals surface area contributed by atoms with Crippen LogP contribution in [-0.4, -0.2) is 17.7 Å². The third-order valence-electron chi connectivity index (χ3n) is 3.48. The summed E-state index contributed by atoms with van der Waals surface area (Å²) in [6, 6.07) is 0. The van der Waals surface area contributed by atoms with E-state index in [-0.39, 0.29) is 0 Å². The monoisotopic (exact) mass is 140 g/mol. The van der Waals surface area contributed by atoms with Gasteiger partial charge in [-0.3, -0.25) is 0 Å². The van der Waals surface area contributed by atoms with Gasteiger partial charge in [0.1, 0.15) is 0 Å². The molecule has 0 heterocycles. The Balaban J connectivity index is 2.43. The molecule has 0 N–H and O–H groups in total. The summed E-state index contributed by atoms with van der Waals surface area (Å²) in [6.07, 6.45) is 4.12. The fraction of sp³-hybridized carbons (Fsp3) is 0.600. The minimum atomic E-state index is 0.771. The second-order valence-electron chi connectivity index (χ2n) is 3.89. The zero-order chi connectivity index (χ0) is 8.01. The molecule has 0 spiro atoms. The molecule has 0 aliphatic heterocycles. The zero-order valence-corrected chi connectivity index (χ0v) is 7.70. The minimum absolute atomic E-state index is 0.771. The molecule has 0 nitrogen and oxygen atoms in total. The molecule has 2 aliphatic rings. The van der Waals surface area contributed by atoms with Gasteiger partial charge in [0.2, 0.25) is 0 Å². The molecule has 2 rings (SSSR count). The van der Waals surface area contributed by atoms with E-state index in [9.17, 15) is 0 Å². The Morgan fingerprint density at radius 3 is 2.73 bits per heavy atom. The SMILES string of the molecule is [Li][C]1=C(C)C2=C(CCC2)C1C. The molecule has 0 aromatic rings. The van der Waals surface area contributed by atoms with Crippen molar-refractivity contribution in [1.82, 2.24) is 0 Å². The van der Waals surface area contributed by atoms with E-state index in [1.54, 1.807) is 21.0 Å². The van der Waals surface area contributed by atoms with E-state index >= 15 is 0 Å². The van der Waals surface area contributed by atoms with Crippen LogP contribution in [0, 0.1) is 5.92 Å². The maximum absolute atomic E-state index is 2.35. The van der Waals surface area contributed by atoms with Crippen molar-refractivity contribution in [2.75, 3.05) is 0 Å². The van der Waals surface area contributed by atoms with Gasteiger partial charge in [0.05, 0.1) is 0 Å². The molecule has 0 radical (unpaired) electrons. The van der Waals surface area contributed by atoms with Gasteiger partial charge in [-0.25, -0.2) is 0 Å². The van der Waals surface area contributed by atoms with Crippen LogP contribution in [0.1, 0.15) is 33.1 Å². The second-order valence-corrected chi connectivity index (χ2v) is 3.89. The molecule has 0 fully saturated rings. The molecule has 0 aromatic heterocycles. The van der Waals surface area contributed by atoms with Crippen molar-refractivity contribution in [3.63, 3.8) is 0 Å². The van der Waals surface area contributed by atoms with Crippen molar-refractivity contribution in [3.05, 3.63) is 21.0 Å². The second kappa shape index (κ2) is 2.54. The van der Waals surface area contributed by atoms with Crippen molar-refractivity contribution in [2.45, 2.75) is 33.1 Å². The molecule has 0 saturated heterocycles. The van der Waals surface area contributed by atoms with Crippen molar-refractivity contribution in [3.8, 4) is 0 Å². The Hall–Kier alpha value is 0.0774. The van der Waals surface area contributed by atoms with Gasteiger partial charge < -0.3 is 0 Å². The summed E-state index contributed by atoms with van der Waals surface area (Å²) in [5, 5.41) is 0. The molecule has 1 heteroatoms. The van der Waals surface area contributed by atoms with Gasteiger partial charge in [0.25, 0.3) is 0 Å². The van der Waals surface area contributed by atoms with Gasteiger partial charge in [0, 0.05) is 0 Å². The Labute approximate surface area is 78.0 Å². The van der Waals surface area contributed by atoms with Crippen LogP contribution in [0.5, 0.6) is 0 Å². The van der Waals surface area contributed by atoms with Crippen LogP contribution in [0.15, 0.2) is 21.0 Å². The van der Waals surface area contributed by atoms with Crippen LogP contribution in [0.4, 0.5) is 0 Å². The average Bonchev–Trinajstić information content (AvgIpc) is 2.53. The van der Waals surface area contributed by atoms with Crippen LogP contribution in [0.25, 0.3) is 0 Å². The van der Waals surface area contributed by atoms with E-state index in [0.29, 0.717) is 0 Å². The van der Waals surface area contributed by atoms with E-state index in [1.807, 2.05) is 0 Å². The van der Waals surface area contributed by atoms with Crippen molar-refractivity contribution < 1.29 is 0 Å². The van der Waals surface area contributed by atoms with Crippen molar-refractivity contribution >= 4 is 17.7 Å². The summed E-state index contributed by atoms with van der Waals surface area (Å²) in [5.74, 6) is 0.771. The predicted octanol–water partition coefficient (Wildman–Crippen LogP) is 2.56. The standard InChI is InChI=1S/C10H13.Li/c1-7-6-8(2)10-5-3-4-9(7)10;/h7H,3-5H2,1-2H3;. The third-order valence-corrected chi connectivity index (χ3v) is 3.48. The molecule has 1 atom stereocenters. The molecule has 2 aliphatic carbocycles. The van der Waals surface area contributed by atoms with Crippen LogP contribution in [-0.2, 0) is 0 Å². The fourth-order valence-corrected chi connectivity index (χ4v) is 2.50. The first kappa shape index (κ1) is 7.71. The molecular formula is C10H13Li. The molecule has 54 valence electrons. The molecule has 0 aromatic carbocycles. The van der Waals surface area contributed by atoms with E-state index in [1.165, 1.54) is 19.3 Å². The van der Waals surface area contributed by atoms with Gasteiger partial charge in [0.15, 0.2) is 0 Å². The number of rotatable bonds is 0. The Morgan fingerprint density at radius 1 is 1.36 bits per heavy atom. The quantitative estimate of drug-likeness (QED) is 0.453. The van der Waals surface area contributed by atoms with Gasteiger partial charge in [-0.2, -0.15) is 0 Å².